The van der Waals surface area contributed by atoms with Gasteiger partial charge in [0.1, 0.15) is 5.75 Å². The van der Waals surface area contributed by atoms with E-state index >= 15 is 0 Å². The molecular formula is C17H15NO3S. The van der Waals surface area contributed by atoms with Crippen LogP contribution in [0.2, 0.25) is 0 Å². The van der Waals surface area contributed by atoms with Gasteiger partial charge in [0.05, 0.1) is 22.9 Å². The molecule has 0 aliphatic carbocycles. The molecule has 1 saturated heterocycles. The number of benzene rings is 2. The van der Waals surface area contributed by atoms with Gasteiger partial charge in [0.2, 0.25) is 11.8 Å². The molecule has 5 heteroatoms. The quantitative estimate of drug-likeness (QED) is 0.814. The first-order valence-corrected chi connectivity index (χ1v) is 7.80. The molecule has 1 atom stereocenters. The molecule has 1 aliphatic heterocycles. The maximum atomic E-state index is 12.6. The van der Waals surface area contributed by atoms with Crippen molar-refractivity contribution in [1.29, 1.82) is 0 Å². The average molecular weight is 313 g/mol. The third-order valence-corrected chi connectivity index (χ3v) is 4.70. The molecule has 2 aromatic carbocycles. The number of carbonyl (C=O) groups excluding carboxylic acids is 2. The van der Waals surface area contributed by atoms with Gasteiger partial charge in [0.15, 0.2) is 0 Å². The van der Waals surface area contributed by atoms with Gasteiger partial charge >= 0.3 is 0 Å². The van der Waals surface area contributed by atoms with Crippen molar-refractivity contribution in [2.24, 2.45) is 0 Å². The van der Waals surface area contributed by atoms with Crippen LogP contribution < -0.4 is 9.64 Å². The zero-order valence-corrected chi connectivity index (χ0v) is 12.9. The van der Waals surface area contributed by atoms with Gasteiger partial charge in [-0.25, -0.2) is 4.90 Å². The lowest BCUT2D eigenvalue weighted by Crippen LogP contribution is -2.30. The van der Waals surface area contributed by atoms with Crippen LogP contribution in [-0.2, 0) is 9.59 Å². The van der Waals surface area contributed by atoms with Crippen LogP contribution >= 0.6 is 11.8 Å². The lowest BCUT2D eigenvalue weighted by molar-refractivity contribution is -0.121. The van der Waals surface area contributed by atoms with E-state index < -0.39 is 5.25 Å². The fraction of sp³-hybridized carbons (Fsp3) is 0.176. The number of ether oxygens (including phenoxy) is 1. The largest absolute Gasteiger partial charge is 0.496 e. The SMILES string of the molecule is COc1ccccc1S[C@@H]1CC(=O)N(c2ccccc2)C1=O. The molecule has 22 heavy (non-hydrogen) atoms. The highest BCUT2D eigenvalue weighted by Gasteiger charge is 2.40. The third kappa shape index (κ3) is 2.72. The zero-order chi connectivity index (χ0) is 15.5. The lowest BCUT2D eigenvalue weighted by Gasteiger charge is -2.15. The minimum atomic E-state index is -0.413. The van der Waals surface area contributed by atoms with Crippen LogP contribution in [0.1, 0.15) is 6.42 Å². The molecule has 0 aromatic heterocycles. The molecule has 1 heterocycles. The Kier molecular flexibility index (Phi) is 4.15. The van der Waals surface area contributed by atoms with Gasteiger partial charge in [-0.15, -0.1) is 11.8 Å². The Balaban J connectivity index is 1.83. The minimum Gasteiger partial charge on any atom is -0.496 e. The summed E-state index contributed by atoms with van der Waals surface area (Å²) in [5, 5.41) is -0.413. The van der Waals surface area contributed by atoms with Gasteiger partial charge in [0, 0.05) is 6.42 Å². The van der Waals surface area contributed by atoms with E-state index in [1.807, 2.05) is 42.5 Å². The number of rotatable bonds is 4. The first-order valence-electron chi connectivity index (χ1n) is 6.92. The molecule has 0 bridgehead atoms. The summed E-state index contributed by atoms with van der Waals surface area (Å²) in [4.78, 5) is 26.9. The molecule has 2 aromatic rings. The molecule has 112 valence electrons. The zero-order valence-electron chi connectivity index (χ0n) is 12.1. The summed E-state index contributed by atoms with van der Waals surface area (Å²) < 4.78 is 5.30. The van der Waals surface area contributed by atoms with Gasteiger partial charge in [-0.3, -0.25) is 9.59 Å². The summed E-state index contributed by atoms with van der Waals surface area (Å²) in [6.07, 6.45) is 0.205. The lowest BCUT2D eigenvalue weighted by atomic mass is 10.3. The molecule has 0 saturated carbocycles. The summed E-state index contributed by atoms with van der Waals surface area (Å²) in [6, 6.07) is 16.5. The van der Waals surface area contributed by atoms with Crippen molar-refractivity contribution in [2.45, 2.75) is 16.6 Å². The normalized spacial score (nSPS) is 17.9. The Morgan fingerprint density at radius 1 is 1.05 bits per heavy atom. The van der Waals surface area contributed by atoms with Gasteiger partial charge < -0.3 is 4.74 Å². The van der Waals surface area contributed by atoms with Crippen molar-refractivity contribution in [3.05, 3.63) is 54.6 Å². The van der Waals surface area contributed by atoms with E-state index in [0.717, 1.165) is 4.90 Å². The Morgan fingerprint density at radius 3 is 2.45 bits per heavy atom. The van der Waals surface area contributed by atoms with Crippen LogP contribution in [0, 0.1) is 0 Å². The smallest absolute Gasteiger partial charge is 0.247 e. The van der Waals surface area contributed by atoms with E-state index in [0.29, 0.717) is 11.4 Å². The number of thioether (sulfide) groups is 1. The number of para-hydroxylation sites is 2. The molecule has 0 spiro atoms. The van der Waals surface area contributed by atoms with E-state index in [1.54, 1.807) is 19.2 Å². The molecule has 2 amide bonds. The van der Waals surface area contributed by atoms with Crippen molar-refractivity contribution in [3.8, 4) is 5.75 Å². The number of imide groups is 1. The number of hydrogen-bond donors (Lipinski definition) is 0. The van der Waals surface area contributed by atoms with E-state index in [-0.39, 0.29) is 18.2 Å². The minimum absolute atomic E-state index is 0.163. The summed E-state index contributed by atoms with van der Waals surface area (Å²) in [5.74, 6) is 0.376. The van der Waals surface area contributed by atoms with Crippen LogP contribution in [0.4, 0.5) is 5.69 Å². The predicted molar refractivity (Wildman–Crippen MR) is 86.2 cm³/mol. The maximum Gasteiger partial charge on any atom is 0.247 e. The van der Waals surface area contributed by atoms with Gasteiger partial charge in [-0.1, -0.05) is 30.3 Å². The van der Waals surface area contributed by atoms with E-state index in [9.17, 15) is 9.59 Å². The summed E-state index contributed by atoms with van der Waals surface area (Å²) in [7, 11) is 1.59. The van der Waals surface area contributed by atoms with Crippen molar-refractivity contribution in [3.63, 3.8) is 0 Å². The fourth-order valence-corrected chi connectivity index (χ4v) is 3.58. The van der Waals surface area contributed by atoms with E-state index in [1.165, 1.54) is 16.7 Å². The van der Waals surface area contributed by atoms with Gasteiger partial charge in [-0.05, 0) is 24.3 Å². The van der Waals surface area contributed by atoms with Crippen LogP contribution in [0.5, 0.6) is 5.75 Å². The van der Waals surface area contributed by atoms with Crippen LogP contribution in [0.3, 0.4) is 0 Å². The number of carbonyl (C=O) groups is 2. The number of nitrogens with zero attached hydrogens (tertiary/aromatic N) is 1. The second kappa shape index (κ2) is 6.23. The fourth-order valence-electron chi connectivity index (χ4n) is 2.41. The second-order valence-electron chi connectivity index (χ2n) is 4.86. The Morgan fingerprint density at radius 2 is 1.73 bits per heavy atom. The second-order valence-corrected chi connectivity index (χ2v) is 6.11. The molecule has 1 fully saturated rings. The monoisotopic (exact) mass is 313 g/mol. The van der Waals surface area contributed by atoms with Crippen molar-refractivity contribution in [1.82, 2.24) is 0 Å². The summed E-state index contributed by atoms with van der Waals surface area (Å²) >= 11 is 1.38. The van der Waals surface area contributed by atoms with Crippen molar-refractivity contribution in [2.75, 3.05) is 12.0 Å². The topological polar surface area (TPSA) is 46.6 Å². The van der Waals surface area contributed by atoms with Crippen molar-refractivity contribution >= 4 is 29.3 Å². The number of methoxy groups -OCH3 is 1. The highest BCUT2D eigenvalue weighted by Crippen LogP contribution is 2.37. The first-order chi connectivity index (χ1) is 10.7. The summed E-state index contributed by atoms with van der Waals surface area (Å²) in [5.41, 5.74) is 0.626. The average Bonchev–Trinajstić information content (AvgIpc) is 2.83. The molecular weight excluding hydrogens is 298 g/mol. The van der Waals surface area contributed by atoms with Crippen LogP contribution in [0.25, 0.3) is 0 Å². The summed E-state index contributed by atoms with van der Waals surface area (Å²) in [6.45, 7) is 0. The molecule has 0 N–H and O–H groups in total. The standard InChI is InChI=1S/C17H15NO3S/c1-21-13-9-5-6-10-14(13)22-15-11-16(19)18(17(15)20)12-7-3-2-4-8-12/h2-10,15H,11H2,1H3/t15-/m1/s1. The Bertz CT molecular complexity index is 702. The number of amides is 2. The molecule has 3 rings (SSSR count). The third-order valence-electron chi connectivity index (χ3n) is 3.46. The number of hydrogen-bond acceptors (Lipinski definition) is 4. The Hall–Kier alpha value is -2.27. The van der Waals surface area contributed by atoms with Gasteiger partial charge in [-0.2, -0.15) is 0 Å². The highest BCUT2D eigenvalue weighted by atomic mass is 32.2. The molecule has 0 unspecified atom stereocenters. The molecule has 0 radical (unpaired) electrons. The maximum absolute atomic E-state index is 12.6. The van der Waals surface area contributed by atoms with E-state index in [4.69, 9.17) is 4.74 Å². The highest BCUT2D eigenvalue weighted by molar-refractivity contribution is 8.00. The predicted octanol–water partition coefficient (Wildman–Crippen LogP) is 3.12. The van der Waals surface area contributed by atoms with Crippen LogP contribution in [-0.4, -0.2) is 24.2 Å². The van der Waals surface area contributed by atoms with Crippen molar-refractivity contribution < 1.29 is 14.3 Å². The first kappa shape index (κ1) is 14.7. The Labute approximate surface area is 133 Å². The molecule has 1 aliphatic rings. The number of anilines is 1. The molecule has 4 nitrogen and oxygen atoms in total. The van der Waals surface area contributed by atoms with Crippen LogP contribution in [0.15, 0.2) is 59.5 Å². The van der Waals surface area contributed by atoms with E-state index in [2.05, 4.69) is 0 Å². The van der Waals surface area contributed by atoms with Gasteiger partial charge in [0.25, 0.3) is 0 Å².